The number of fused-ring (bicyclic) bond motifs is 1. The number of unbranched alkanes of at least 4 members (excludes halogenated alkanes) is 5. The number of aryl methyl sites for hydroxylation is 1. The fourth-order valence-electron chi connectivity index (χ4n) is 3.42. The number of pyridine rings is 1. The number of hydrogen-bond acceptors (Lipinski definition) is 5. The maximum Gasteiger partial charge on any atom is 0.341 e. The van der Waals surface area contributed by atoms with Crippen LogP contribution in [-0.2, 0) is 16.1 Å². The van der Waals surface area contributed by atoms with E-state index in [0.29, 0.717) is 17.6 Å². The molecule has 1 N–H and O–H groups in total. The number of carboxylic acids is 1. The van der Waals surface area contributed by atoms with Crippen molar-refractivity contribution in [1.29, 1.82) is 0 Å². The number of carbonyl (C=O) groups is 3. The molecule has 2 heterocycles. The normalized spacial score (nSPS) is 11.0. The van der Waals surface area contributed by atoms with Gasteiger partial charge in [0.2, 0.25) is 11.7 Å². The quantitative estimate of drug-likeness (QED) is 0.336. The largest absolute Gasteiger partial charge is 0.479 e. The second kappa shape index (κ2) is 10.0. The van der Waals surface area contributed by atoms with E-state index in [0.717, 1.165) is 18.4 Å². The zero-order chi connectivity index (χ0) is 20.7. The average Bonchev–Trinajstić information content (AvgIpc) is 2.94. The Balaban J connectivity index is 2.40. The molecule has 2 aromatic heterocycles. The zero-order valence-corrected chi connectivity index (χ0v) is 16.8. The van der Waals surface area contributed by atoms with Gasteiger partial charge in [-0.05, 0) is 19.4 Å². The Hall–Kier alpha value is -2.70. The van der Waals surface area contributed by atoms with Crippen molar-refractivity contribution in [2.45, 2.75) is 65.8 Å². The SMILES string of the molecule is CCCCCCCCn1c(C)c(C(=O)C(C)=O)c2c(OCC(=O)O)nccc21. The standard InChI is InChI=1S/C21H28N2O5/c1-4-5-6-7-8-9-12-23-14(2)18(20(27)15(3)24)19-16(23)10-11-22-21(19)28-13-17(25)26/h10-11H,4-9,12-13H2,1-3H3,(H,25,26). The predicted octanol–water partition coefficient (Wildman–Crippen LogP) is 3.94. The van der Waals surface area contributed by atoms with Crippen LogP contribution in [0.4, 0.5) is 0 Å². The number of nitrogens with zero attached hydrogens (tertiary/aromatic N) is 2. The Morgan fingerprint density at radius 2 is 1.82 bits per heavy atom. The van der Waals surface area contributed by atoms with Gasteiger partial charge >= 0.3 is 5.97 Å². The first-order valence-electron chi connectivity index (χ1n) is 9.76. The molecule has 0 aliphatic heterocycles. The van der Waals surface area contributed by atoms with Gasteiger partial charge in [0, 0.05) is 25.4 Å². The molecule has 0 bridgehead atoms. The third-order valence-corrected chi connectivity index (χ3v) is 4.82. The molecule has 0 aromatic carbocycles. The number of ether oxygens (including phenoxy) is 1. The predicted molar refractivity (Wildman–Crippen MR) is 106 cm³/mol. The number of carbonyl (C=O) groups excluding carboxylic acids is 2. The van der Waals surface area contributed by atoms with Crippen molar-refractivity contribution < 1.29 is 24.2 Å². The summed E-state index contributed by atoms with van der Waals surface area (Å²) in [6.07, 6.45) is 8.38. The van der Waals surface area contributed by atoms with Gasteiger partial charge in [-0.25, -0.2) is 9.78 Å². The van der Waals surface area contributed by atoms with Crippen LogP contribution in [0.5, 0.6) is 5.88 Å². The highest BCUT2D eigenvalue weighted by atomic mass is 16.5. The van der Waals surface area contributed by atoms with Crippen LogP contribution in [0.15, 0.2) is 12.3 Å². The van der Waals surface area contributed by atoms with E-state index in [1.165, 1.54) is 38.8 Å². The molecule has 152 valence electrons. The molecular formula is C21H28N2O5. The number of aliphatic carboxylic acids is 1. The third kappa shape index (κ3) is 4.97. The van der Waals surface area contributed by atoms with Crippen LogP contribution < -0.4 is 4.74 Å². The molecule has 7 heteroatoms. The van der Waals surface area contributed by atoms with Crippen LogP contribution >= 0.6 is 0 Å². The Bertz CT molecular complexity index is 869. The van der Waals surface area contributed by atoms with E-state index in [1.54, 1.807) is 13.0 Å². The fourth-order valence-corrected chi connectivity index (χ4v) is 3.42. The number of carboxylic acid groups (broad SMARTS) is 1. The number of hydrogen-bond donors (Lipinski definition) is 1. The monoisotopic (exact) mass is 388 g/mol. The molecule has 7 nitrogen and oxygen atoms in total. The molecule has 0 radical (unpaired) electrons. The molecule has 0 atom stereocenters. The van der Waals surface area contributed by atoms with E-state index in [2.05, 4.69) is 11.9 Å². The Labute approximate surface area is 164 Å². The minimum absolute atomic E-state index is 0.0642. The lowest BCUT2D eigenvalue weighted by molar-refractivity contribution is -0.139. The van der Waals surface area contributed by atoms with Crippen LogP contribution in [0.25, 0.3) is 10.9 Å². The van der Waals surface area contributed by atoms with Gasteiger partial charge in [0.15, 0.2) is 12.4 Å². The number of aromatic nitrogens is 2. The molecule has 0 aliphatic rings. The molecule has 28 heavy (non-hydrogen) atoms. The van der Waals surface area contributed by atoms with Crippen molar-refractivity contribution in [1.82, 2.24) is 9.55 Å². The summed E-state index contributed by atoms with van der Waals surface area (Å²) in [5, 5.41) is 9.31. The number of rotatable bonds is 12. The van der Waals surface area contributed by atoms with Crippen LogP contribution in [-0.4, -0.2) is 38.8 Å². The average molecular weight is 388 g/mol. The molecule has 0 aliphatic carbocycles. The summed E-state index contributed by atoms with van der Waals surface area (Å²) >= 11 is 0. The number of ketones is 2. The van der Waals surface area contributed by atoms with Crippen LogP contribution in [0.1, 0.15) is 68.4 Å². The second-order valence-corrected chi connectivity index (χ2v) is 6.96. The molecular weight excluding hydrogens is 360 g/mol. The van der Waals surface area contributed by atoms with Gasteiger partial charge in [-0.3, -0.25) is 9.59 Å². The molecule has 2 aromatic rings. The molecule has 0 unspecified atom stereocenters. The van der Waals surface area contributed by atoms with Gasteiger partial charge in [-0.15, -0.1) is 0 Å². The summed E-state index contributed by atoms with van der Waals surface area (Å²) in [6, 6.07) is 1.77. The van der Waals surface area contributed by atoms with Gasteiger partial charge in [0.05, 0.1) is 16.5 Å². The van der Waals surface area contributed by atoms with E-state index in [1.807, 2.05) is 4.57 Å². The zero-order valence-electron chi connectivity index (χ0n) is 16.8. The van der Waals surface area contributed by atoms with Crippen LogP contribution in [0.3, 0.4) is 0 Å². The number of Topliss-reactive ketones (excluding diaryl/α,β-unsaturated/α-hetero) is 2. The maximum absolute atomic E-state index is 12.6. The molecule has 0 amide bonds. The summed E-state index contributed by atoms with van der Waals surface area (Å²) in [5.41, 5.74) is 1.66. The smallest absolute Gasteiger partial charge is 0.341 e. The van der Waals surface area contributed by atoms with Gasteiger partial charge < -0.3 is 14.4 Å². The van der Waals surface area contributed by atoms with Crippen molar-refractivity contribution in [2.24, 2.45) is 0 Å². The van der Waals surface area contributed by atoms with E-state index in [4.69, 9.17) is 9.84 Å². The highest BCUT2D eigenvalue weighted by Crippen LogP contribution is 2.33. The first kappa shape index (κ1) is 21.6. The van der Waals surface area contributed by atoms with Crippen molar-refractivity contribution in [3.8, 4) is 5.88 Å². The van der Waals surface area contributed by atoms with Crippen LogP contribution in [0, 0.1) is 6.92 Å². The Morgan fingerprint density at radius 3 is 2.46 bits per heavy atom. The fraction of sp³-hybridized carbons (Fsp3) is 0.524. The van der Waals surface area contributed by atoms with E-state index in [9.17, 15) is 14.4 Å². The van der Waals surface area contributed by atoms with Gasteiger partial charge in [-0.1, -0.05) is 39.0 Å². The molecule has 0 saturated heterocycles. The van der Waals surface area contributed by atoms with Gasteiger partial charge in [0.25, 0.3) is 0 Å². The Kier molecular flexibility index (Phi) is 7.72. The summed E-state index contributed by atoms with van der Waals surface area (Å²) in [4.78, 5) is 39.3. The first-order valence-corrected chi connectivity index (χ1v) is 9.76. The van der Waals surface area contributed by atoms with E-state index in [-0.39, 0.29) is 11.4 Å². The van der Waals surface area contributed by atoms with Crippen molar-refractivity contribution in [3.63, 3.8) is 0 Å². The lowest BCUT2D eigenvalue weighted by Gasteiger charge is -2.09. The minimum Gasteiger partial charge on any atom is -0.479 e. The molecule has 2 rings (SSSR count). The summed E-state index contributed by atoms with van der Waals surface area (Å²) in [5.74, 6) is -2.26. The topological polar surface area (TPSA) is 98.5 Å². The first-order chi connectivity index (χ1) is 13.4. The molecule has 0 fully saturated rings. The lowest BCUT2D eigenvalue weighted by Crippen LogP contribution is -2.13. The summed E-state index contributed by atoms with van der Waals surface area (Å²) in [6.45, 7) is 5.35. The van der Waals surface area contributed by atoms with Crippen molar-refractivity contribution in [3.05, 3.63) is 23.5 Å². The molecule has 0 saturated carbocycles. The van der Waals surface area contributed by atoms with Gasteiger partial charge in [-0.2, -0.15) is 0 Å². The Morgan fingerprint density at radius 1 is 1.14 bits per heavy atom. The highest BCUT2D eigenvalue weighted by molar-refractivity contribution is 6.45. The van der Waals surface area contributed by atoms with Crippen molar-refractivity contribution >= 4 is 28.4 Å². The maximum atomic E-state index is 12.6. The van der Waals surface area contributed by atoms with Crippen molar-refractivity contribution in [2.75, 3.05) is 6.61 Å². The highest BCUT2D eigenvalue weighted by Gasteiger charge is 2.26. The lowest BCUT2D eigenvalue weighted by atomic mass is 10.1. The van der Waals surface area contributed by atoms with E-state index >= 15 is 0 Å². The van der Waals surface area contributed by atoms with E-state index < -0.39 is 24.1 Å². The summed E-state index contributed by atoms with van der Waals surface area (Å²) in [7, 11) is 0. The summed E-state index contributed by atoms with van der Waals surface area (Å²) < 4.78 is 7.30. The minimum atomic E-state index is -1.14. The third-order valence-electron chi connectivity index (χ3n) is 4.82. The molecule has 0 spiro atoms. The van der Waals surface area contributed by atoms with Gasteiger partial charge in [0.1, 0.15) is 0 Å². The van der Waals surface area contributed by atoms with Crippen LogP contribution in [0.2, 0.25) is 0 Å². The second-order valence-electron chi connectivity index (χ2n) is 6.96.